The van der Waals surface area contributed by atoms with E-state index in [1.165, 1.54) is 39.4 Å². The molecule has 0 aliphatic heterocycles. The lowest BCUT2D eigenvalue weighted by atomic mass is 10.2. The molecule has 0 atom stereocenters. The third-order valence-electron chi connectivity index (χ3n) is 2.10. The molecule has 18 heavy (non-hydrogen) atoms. The minimum absolute atomic E-state index is 0.143. The summed E-state index contributed by atoms with van der Waals surface area (Å²) in [4.78, 5) is 11.2. The van der Waals surface area contributed by atoms with Crippen molar-refractivity contribution in [2.75, 3.05) is 12.1 Å². The zero-order chi connectivity index (χ0) is 13.7. The maximum atomic E-state index is 13.7. The van der Waals surface area contributed by atoms with Crippen molar-refractivity contribution in [3.05, 3.63) is 40.8 Å². The van der Waals surface area contributed by atoms with E-state index >= 15 is 0 Å². The largest absolute Gasteiger partial charge is 0.465 e. The van der Waals surface area contributed by atoms with Crippen LogP contribution in [0.25, 0.3) is 0 Å². The van der Waals surface area contributed by atoms with Crippen LogP contribution in [0.3, 0.4) is 0 Å². The number of rotatable bonds is 4. The molecule has 0 aromatic heterocycles. The number of methoxy groups -OCH3 is 1. The van der Waals surface area contributed by atoms with E-state index in [4.69, 9.17) is 11.6 Å². The lowest BCUT2D eigenvalue weighted by Crippen LogP contribution is -2.29. The van der Waals surface area contributed by atoms with Gasteiger partial charge in [0.05, 0.1) is 18.4 Å². The van der Waals surface area contributed by atoms with Gasteiger partial charge < -0.3 is 10.5 Å². The number of ether oxygens (including phenoxy) is 1. The number of benzene rings is 1. The highest BCUT2D eigenvalue weighted by molar-refractivity contribution is 14.2. The molecule has 0 unspecified atom stereocenters. The van der Waals surface area contributed by atoms with Crippen LogP contribution in [-0.2, 0) is 4.74 Å². The minimum Gasteiger partial charge on any atom is -0.465 e. The molecule has 1 aromatic rings. The van der Waals surface area contributed by atoms with E-state index in [0.717, 1.165) is 6.07 Å². The van der Waals surface area contributed by atoms with Crippen molar-refractivity contribution in [2.45, 2.75) is 0 Å². The van der Waals surface area contributed by atoms with E-state index in [9.17, 15) is 9.18 Å². The molecule has 0 bridgehead atoms. The summed E-state index contributed by atoms with van der Waals surface area (Å²) in [5.74, 6) is 4.32. The predicted molar refractivity (Wildman–Crippen MR) is 78.3 cm³/mol. The second-order valence-corrected chi connectivity index (χ2v) is 5.00. The summed E-state index contributed by atoms with van der Waals surface area (Å²) in [6.45, 7) is 0. The molecule has 0 saturated heterocycles. The number of nitrogens with zero attached hydrogens (tertiary/aromatic N) is 1. The summed E-state index contributed by atoms with van der Waals surface area (Å²) in [7, 11) is 2.47. The standard InChI is InChI=1S/C10H11FIN3O2S/c1-17-10(16)7-3-2-6(4-8(7)11)15(14)9(5-13)18-12/h2-5H,13-14H2,1H3/b9-5+. The Morgan fingerprint density at radius 3 is 2.72 bits per heavy atom. The van der Waals surface area contributed by atoms with E-state index in [2.05, 4.69) is 4.74 Å². The van der Waals surface area contributed by atoms with Crippen LogP contribution in [0.1, 0.15) is 10.4 Å². The molecule has 0 radical (unpaired) electrons. The van der Waals surface area contributed by atoms with Gasteiger partial charge in [0.1, 0.15) is 10.8 Å². The summed E-state index contributed by atoms with van der Waals surface area (Å²) < 4.78 is 18.1. The van der Waals surface area contributed by atoms with Crippen LogP contribution in [0.5, 0.6) is 0 Å². The summed E-state index contributed by atoms with van der Waals surface area (Å²) >= 11 is 2.00. The Morgan fingerprint density at radius 1 is 1.61 bits per heavy atom. The average Bonchev–Trinajstić information content (AvgIpc) is 2.39. The molecular formula is C10H11FIN3O2S. The van der Waals surface area contributed by atoms with Crippen LogP contribution in [0.2, 0.25) is 0 Å². The van der Waals surface area contributed by atoms with Gasteiger partial charge >= 0.3 is 5.97 Å². The van der Waals surface area contributed by atoms with Crippen molar-refractivity contribution in [1.82, 2.24) is 0 Å². The van der Waals surface area contributed by atoms with Crippen molar-refractivity contribution < 1.29 is 13.9 Å². The zero-order valence-electron chi connectivity index (χ0n) is 9.39. The molecule has 5 nitrogen and oxygen atoms in total. The SMILES string of the molecule is COC(=O)c1ccc(N(N)/C(=C\N)SI)cc1F. The molecule has 0 spiro atoms. The first-order chi connectivity index (χ1) is 8.54. The molecule has 0 heterocycles. The van der Waals surface area contributed by atoms with Gasteiger partial charge in [0, 0.05) is 27.4 Å². The highest BCUT2D eigenvalue weighted by Gasteiger charge is 2.15. The van der Waals surface area contributed by atoms with Gasteiger partial charge in [-0.1, -0.05) is 0 Å². The smallest absolute Gasteiger partial charge is 0.340 e. The maximum absolute atomic E-state index is 13.7. The Kier molecular flexibility index (Phi) is 5.69. The number of hydrazine groups is 1. The molecule has 0 aliphatic carbocycles. The van der Waals surface area contributed by atoms with Crippen LogP contribution < -0.4 is 16.6 Å². The second-order valence-electron chi connectivity index (χ2n) is 3.11. The Morgan fingerprint density at radius 2 is 2.28 bits per heavy atom. The van der Waals surface area contributed by atoms with E-state index in [1.807, 2.05) is 21.2 Å². The number of nitrogens with two attached hydrogens (primary N) is 2. The molecular weight excluding hydrogens is 372 g/mol. The van der Waals surface area contributed by atoms with Crippen LogP contribution in [0.15, 0.2) is 29.4 Å². The molecule has 98 valence electrons. The number of anilines is 1. The summed E-state index contributed by atoms with van der Waals surface area (Å²) in [5, 5.41) is 1.77. The van der Waals surface area contributed by atoms with Gasteiger partial charge in [0.15, 0.2) is 0 Å². The van der Waals surface area contributed by atoms with Crippen LogP contribution in [0.4, 0.5) is 10.1 Å². The van der Waals surface area contributed by atoms with Crippen molar-refractivity contribution in [3.8, 4) is 0 Å². The average molecular weight is 383 g/mol. The fourth-order valence-corrected chi connectivity index (χ4v) is 2.51. The highest BCUT2D eigenvalue weighted by Crippen LogP contribution is 2.29. The fraction of sp³-hybridized carbons (Fsp3) is 0.100. The maximum Gasteiger partial charge on any atom is 0.340 e. The molecule has 1 aromatic carbocycles. The predicted octanol–water partition coefficient (Wildman–Crippen LogP) is 2.13. The van der Waals surface area contributed by atoms with Crippen molar-refractivity contribution in [2.24, 2.45) is 11.6 Å². The topological polar surface area (TPSA) is 81.6 Å². The molecule has 1 rings (SSSR count). The van der Waals surface area contributed by atoms with Crippen LogP contribution >= 0.6 is 30.1 Å². The molecule has 0 aliphatic rings. The van der Waals surface area contributed by atoms with Gasteiger partial charge in [0.25, 0.3) is 0 Å². The fourth-order valence-electron chi connectivity index (χ4n) is 1.20. The highest BCUT2D eigenvalue weighted by atomic mass is 127. The van der Waals surface area contributed by atoms with Gasteiger partial charge in [-0.25, -0.2) is 15.0 Å². The Balaban J connectivity index is 3.08. The minimum atomic E-state index is -0.736. The van der Waals surface area contributed by atoms with Crippen LogP contribution in [-0.4, -0.2) is 13.1 Å². The number of halogens is 2. The molecule has 0 saturated carbocycles. The third kappa shape index (κ3) is 3.27. The van der Waals surface area contributed by atoms with Gasteiger partial charge in [0.2, 0.25) is 0 Å². The first-order valence-electron chi connectivity index (χ1n) is 4.68. The molecule has 4 N–H and O–H groups in total. The Bertz CT molecular complexity index is 484. The van der Waals surface area contributed by atoms with E-state index in [1.54, 1.807) is 0 Å². The summed E-state index contributed by atoms with van der Waals surface area (Å²) in [6, 6.07) is 3.96. The summed E-state index contributed by atoms with van der Waals surface area (Å²) in [5.41, 5.74) is 5.61. The van der Waals surface area contributed by atoms with Gasteiger partial charge in [-0.05, 0) is 27.1 Å². The number of carbonyl (C=O) groups excluding carboxylic acids is 1. The van der Waals surface area contributed by atoms with Gasteiger partial charge in [-0.3, -0.25) is 5.01 Å². The second kappa shape index (κ2) is 6.81. The number of esters is 1. The monoisotopic (exact) mass is 383 g/mol. The Labute approximate surface area is 120 Å². The molecule has 0 amide bonds. The van der Waals surface area contributed by atoms with Gasteiger partial charge in [-0.15, -0.1) is 0 Å². The third-order valence-corrected chi connectivity index (χ3v) is 3.94. The first kappa shape index (κ1) is 15.1. The Hall–Kier alpha value is -1.00. The number of hydrogen-bond donors (Lipinski definition) is 2. The van der Waals surface area contributed by atoms with Crippen molar-refractivity contribution in [3.63, 3.8) is 0 Å². The van der Waals surface area contributed by atoms with E-state index < -0.39 is 11.8 Å². The molecule has 0 fully saturated rings. The van der Waals surface area contributed by atoms with Crippen molar-refractivity contribution in [1.29, 1.82) is 0 Å². The number of hydrogen-bond acceptors (Lipinski definition) is 6. The van der Waals surface area contributed by atoms with Crippen LogP contribution in [0, 0.1) is 5.82 Å². The first-order valence-corrected chi connectivity index (χ1v) is 8.04. The zero-order valence-corrected chi connectivity index (χ0v) is 12.4. The van der Waals surface area contributed by atoms with Gasteiger partial charge in [-0.2, -0.15) is 0 Å². The molecule has 8 heteroatoms. The van der Waals surface area contributed by atoms with Crippen molar-refractivity contribution >= 4 is 41.8 Å². The normalized spacial score (nSPS) is 11.2. The van der Waals surface area contributed by atoms with E-state index in [-0.39, 0.29) is 5.56 Å². The van der Waals surface area contributed by atoms with E-state index in [0.29, 0.717) is 10.7 Å². The number of carbonyl (C=O) groups is 1. The lowest BCUT2D eigenvalue weighted by Gasteiger charge is -2.19. The summed E-state index contributed by atoms with van der Waals surface area (Å²) in [6.07, 6.45) is 1.31. The quantitative estimate of drug-likeness (QED) is 0.359. The lowest BCUT2D eigenvalue weighted by molar-refractivity contribution is 0.0595.